The molecule has 2 N–H and O–H groups in total. The van der Waals surface area contributed by atoms with E-state index in [-0.39, 0.29) is 0 Å². The van der Waals surface area contributed by atoms with E-state index in [0.29, 0.717) is 12.6 Å². The first kappa shape index (κ1) is 16.2. The maximum atomic E-state index is 6.03. The van der Waals surface area contributed by atoms with Gasteiger partial charge in [-0.25, -0.2) is 0 Å². The molecule has 118 valence electrons. The largest absolute Gasteiger partial charge is 0.376 e. The molecule has 1 aromatic heterocycles. The van der Waals surface area contributed by atoms with E-state index < -0.39 is 0 Å². The maximum Gasteiger partial charge on any atom is 0.156 e. The van der Waals surface area contributed by atoms with Crippen molar-refractivity contribution in [1.82, 2.24) is 10.2 Å². The average Bonchev–Trinajstić information content (AvgIpc) is 3.04. The number of anilines is 1. The molecule has 0 amide bonds. The third-order valence-electron chi connectivity index (χ3n) is 4.27. The summed E-state index contributed by atoms with van der Waals surface area (Å²) in [6, 6.07) is 0. The first-order valence-electron chi connectivity index (χ1n) is 8.18. The third-order valence-corrected chi connectivity index (χ3v) is 4.27. The number of ether oxygens (including phenoxy) is 1. The monoisotopic (exact) mass is 292 g/mol. The van der Waals surface area contributed by atoms with Gasteiger partial charge in [0, 0.05) is 31.8 Å². The predicted octanol–water partition coefficient (Wildman–Crippen LogP) is 2.07. The fourth-order valence-corrected chi connectivity index (χ4v) is 3.11. The second-order valence-corrected chi connectivity index (χ2v) is 5.51. The number of aryl methyl sites for hydroxylation is 1. The molecule has 0 bridgehead atoms. The molecule has 1 atom stereocenters. The van der Waals surface area contributed by atoms with Crippen molar-refractivity contribution in [1.29, 1.82) is 0 Å². The van der Waals surface area contributed by atoms with Gasteiger partial charge >= 0.3 is 0 Å². The molecule has 1 fully saturated rings. The Bertz CT molecular complexity index is 458. The van der Waals surface area contributed by atoms with E-state index in [9.17, 15) is 0 Å². The highest BCUT2D eigenvalue weighted by Crippen LogP contribution is 2.25. The lowest BCUT2D eigenvalue weighted by Crippen LogP contribution is -2.34. The summed E-state index contributed by atoms with van der Waals surface area (Å²) >= 11 is 0. The molecule has 1 aliphatic heterocycles. The van der Waals surface area contributed by atoms with Crippen molar-refractivity contribution in [3.63, 3.8) is 0 Å². The fraction of sp³-hybridized carbons (Fsp3) is 0.750. The van der Waals surface area contributed by atoms with Crippen LogP contribution in [0.5, 0.6) is 0 Å². The van der Waals surface area contributed by atoms with Crippen LogP contribution >= 0.6 is 0 Å². The Labute approximate surface area is 127 Å². The molecule has 5 nitrogen and oxygen atoms in total. The molecule has 0 spiro atoms. The van der Waals surface area contributed by atoms with Gasteiger partial charge in [0.15, 0.2) is 5.82 Å². The smallest absolute Gasteiger partial charge is 0.156 e. The summed E-state index contributed by atoms with van der Waals surface area (Å²) in [4.78, 5) is 2.27. The summed E-state index contributed by atoms with van der Waals surface area (Å²) in [5.41, 5.74) is 9.53. The molecular weight excluding hydrogens is 264 g/mol. The second-order valence-electron chi connectivity index (χ2n) is 5.51. The van der Waals surface area contributed by atoms with Crippen molar-refractivity contribution in [3.8, 4) is 0 Å². The van der Waals surface area contributed by atoms with E-state index in [1.165, 1.54) is 5.56 Å². The van der Waals surface area contributed by atoms with E-state index >= 15 is 0 Å². The standard InChI is InChI=1S/C16H28N4O/c1-4-13-14(10-17)16(19-18-15(13)5-2)20(6-3)11-12-8-7-9-21-12/h12H,4-11,17H2,1-3H3. The number of rotatable bonds is 7. The fourth-order valence-electron chi connectivity index (χ4n) is 3.11. The van der Waals surface area contributed by atoms with Crippen LogP contribution in [0.2, 0.25) is 0 Å². The van der Waals surface area contributed by atoms with Crippen molar-refractivity contribution < 1.29 is 4.74 Å². The highest BCUT2D eigenvalue weighted by molar-refractivity contribution is 5.51. The molecule has 0 radical (unpaired) electrons. The highest BCUT2D eigenvalue weighted by atomic mass is 16.5. The molecule has 21 heavy (non-hydrogen) atoms. The van der Waals surface area contributed by atoms with E-state index in [1.54, 1.807) is 0 Å². The van der Waals surface area contributed by atoms with E-state index in [2.05, 4.69) is 35.9 Å². The normalized spacial score (nSPS) is 18.2. The Morgan fingerprint density at radius 1 is 1.19 bits per heavy atom. The number of nitrogens with zero attached hydrogens (tertiary/aromatic N) is 3. The van der Waals surface area contributed by atoms with Gasteiger partial charge in [0.1, 0.15) is 0 Å². The number of nitrogens with two attached hydrogens (primary N) is 1. The van der Waals surface area contributed by atoms with E-state index in [0.717, 1.165) is 62.5 Å². The van der Waals surface area contributed by atoms with Gasteiger partial charge in [0.05, 0.1) is 11.8 Å². The molecule has 1 aromatic rings. The van der Waals surface area contributed by atoms with Gasteiger partial charge < -0.3 is 15.4 Å². The minimum atomic E-state index is 0.313. The lowest BCUT2D eigenvalue weighted by atomic mass is 10.0. The first-order chi connectivity index (χ1) is 10.2. The number of hydrogen-bond donors (Lipinski definition) is 1. The Hall–Kier alpha value is -1.20. The van der Waals surface area contributed by atoms with Crippen LogP contribution in [0.25, 0.3) is 0 Å². The molecule has 1 unspecified atom stereocenters. The quantitative estimate of drug-likeness (QED) is 0.833. The maximum absolute atomic E-state index is 6.03. The van der Waals surface area contributed by atoms with Gasteiger partial charge in [-0.1, -0.05) is 13.8 Å². The Morgan fingerprint density at radius 2 is 2.00 bits per heavy atom. The van der Waals surface area contributed by atoms with Gasteiger partial charge in [-0.15, -0.1) is 5.10 Å². The zero-order valence-electron chi connectivity index (χ0n) is 13.6. The molecule has 5 heteroatoms. The summed E-state index contributed by atoms with van der Waals surface area (Å²) in [6.45, 7) is 9.61. The molecular formula is C16H28N4O. The predicted molar refractivity (Wildman–Crippen MR) is 85.5 cm³/mol. The van der Waals surface area contributed by atoms with E-state index in [4.69, 9.17) is 10.5 Å². The van der Waals surface area contributed by atoms with Crippen molar-refractivity contribution in [3.05, 3.63) is 16.8 Å². The molecule has 0 saturated carbocycles. The summed E-state index contributed by atoms with van der Waals surface area (Å²) in [7, 11) is 0. The SMILES string of the molecule is CCc1nnc(N(CC)CC2CCCO2)c(CN)c1CC. The van der Waals surface area contributed by atoms with E-state index in [1.807, 2.05) is 0 Å². The zero-order valence-corrected chi connectivity index (χ0v) is 13.6. The molecule has 2 rings (SSSR count). The van der Waals surface area contributed by atoms with Crippen LogP contribution in [-0.4, -0.2) is 36.0 Å². The highest BCUT2D eigenvalue weighted by Gasteiger charge is 2.22. The lowest BCUT2D eigenvalue weighted by molar-refractivity contribution is 0.115. The van der Waals surface area contributed by atoms with Crippen LogP contribution in [0.1, 0.15) is 50.4 Å². The topological polar surface area (TPSA) is 64.3 Å². The van der Waals surface area contributed by atoms with Crippen LogP contribution in [-0.2, 0) is 24.1 Å². The summed E-state index contributed by atoms with van der Waals surface area (Å²) < 4.78 is 5.76. The minimum absolute atomic E-state index is 0.313. The van der Waals surface area contributed by atoms with Gasteiger partial charge in [0.25, 0.3) is 0 Å². The van der Waals surface area contributed by atoms with Gasteiger partial charge in [-0.05, 0) is 38.2 Å². The summed E-state index contributed by atoms with van der Waals surface area (Å²) in [5.74, 6) is 0.949. The zero-order chi connectivity index (χ0) is 15.2. The Balaban J connectivity index is 2.30. The number of hydrogen-bond acceptors (Lipinski definition) is 5. The van der Waals surface area contributed by atoms with Crippen LogP contribution in [0.3, 0.4) is 0 Å². The minimum Gasteiger partial charge on any atom is -0.376 e. The van der Waals surface area contributed by atoms with Crippen LogP contribution in [0.15, 0.2) is 0 Å². The first-order valence-corrected chi connectivity index (χ1v) is 8.18. The summed E-state index contributed by atoms with van der Waals surface area (Å²) in [6.07, 6.45) is 4.47. The third kappa shape index (κ3) is 3.52. The lowest BCUT2D eigenvalue weighted by Gasteiger charge is -2.27. The second kappa shape index (κ2) is 7.71. The van der Waals surface area contributed by atoms with Gasteiger partial charge in [-0.3, -0.25) is 0 Å². The van der Waals surface area contributed by atoms with Crippen LogP contribution in [0, 0.1) is 0 Å². The van der Waals surface area contributed by atoms with Crippen molar-refractivity contribution >= 4 is 5.82 Å². The van der Waals surface area contributed by atoms with Crippen molar-refractivity contribution in [2.45, 2.75) is 59.1 Å². The van der Waals surface area contributed by atoms with Gasteiger partial charge in [-0.2, -0.15) is 5.10 Å². The molecule has 1 aliphatic rings. The number of aromatic nitrogens is 2. The van der Waals surface area contributed by atoms with Crippen molar-refractivity contribution in [2.24, 2.45) is 5.73 Å². The average molecular weight is 292 g/mol. The Morgan fingerprint density at radius 3 is 2.52 bits per heavy atom. The molecule has 2 heterocycles. The molecule has 0 aromatic carbocycles. The van der Waals surface area contributed by atoms with Crippen LogP contribution in [0.4, 0.5) is 5.82 Å². The van der Waals surface area contributed by atoms with Crippen molar-refractivity contribution in [2.75, 3.05) is 24.6 Å². The van der Waals surface area contributed by atoms with Gasteiger partial charge in [0.2, 0.25) is 0 Å². The molecule has 1 saturated heterocycles. The number of likely N-dealkylation sites (N-methyl/N-ethyl adjacent to an activating group) is 1. The van der Waals surface area contributed by atoms with Crippen LogP contribution < -0.4 is 10.6 Å². The Kier molecular flexibility index (Phi) is 5.94. The molecule has 0 aliphatic carbocycles. The summed E-state index contributed by atoms with van der Waals surface area (Å²) in [5, 5.41) is 8.91.